The number of aliphatic carboxylic acids is 1. The second kappa shape index (κ2) is 5.84. The van der Waals surface area contributed by atoms with Gasteiger partial charge in [-0.05, 0) is 29.3 Å². The summed E-state index contributed by atoms with van der Waals surface area (Å²) < 4.78 is 0. The molecule has 0 atom stereocenters. The number of carbonyl (C=O) groups excluding carboxylic acids is 1. The summed E-state index contributed by atoms with van der Waals surface area (Å²) in [5.41, 5.74) is 7.05. The van der Waals surface area contributed by atoms with Crippen molar-refractivity contribution in [2.45, 2.75) is 0 Å². The van der Waals surface area contributed by atoms with Gasteiger partial charge in [-0.1, -0.05) is 42.5 Å². The van der Waals surface area contributed by atoms with Crippen LogP contribution < -0.4 is 5.73 Å². The van der Waals surface area contributed by atoms with E-state index in [2.05, 4.69) is 0 Å². The lowest BCUT2D eigenvalue weighted by atomic mass is 10.0. The number of hydrogen-bond acceptors (Lipinski definition) is 2. The molecule has 0 radical (unpaired) electrons. The van der Waals surface area contributed by atoms with Gasteiger partial charge in [0.05, 0.1) is 5.57 Å². The molecular weight excluding hydrogens is 254 g/mol. The quantitative estimate of drug-likeness (QED) is 0.659. The number of benzene rings is 2. The molecule has 0 aromatic heterocycles. The number of carbonyl (C=O) groups is 2. The van der Waals surface area contributed by atoms with Gasteiger partial charge in [0.15, 0.2) is 0 Å². The Kier molecular flexibility index (Phi) is 3.96. The van der Waals surface area contributed by atoms with Gasteiger partial charge in [0.2, 0.25) is 5.91 Å². The van der Waals surface area contributed by atoms with E-state index >= 15 is 0 Å². The fourth-order valence-corrected chi connectivity index (χ4v) is 1.80. The summed E-state index contributed by atoms with van der Waals surface area (Å²) in [6.45, 7) is 0. The molecule has 0 saturated carbocycles. The van der Waals surface area contributed by atoms with E-state index in [4.69, 9.17) is 5.73 Å². The molecule has 0 heterocycles. The first-order valence-electron chi connectivity index (χ1n) is 5.98. The second-order valence-corrected chi connectivity index (χ2v) is 4.22. The highest BCUT2D eigenvalue weighted by Gasteiger charge is 2.10. The molecule has 1 amide bonds. The molecule has 2 aromatic rings. The topological polar surface area (TPSA) is 80.4 Å². The maximum atomic E-state index is 11.3. The van der Waals surface area contributed by atoms with Crippen molar-refractivity contribution in [2.24, 2.45) is 5.73 Å². The summed E-state index contributed by atoms with van der Waals surface area (Å²) in [6, 6.07) is 15.3. The monoisotopic (exact) mass is 267 g/mol. The zero-order valence-corrected chi connectivity index (χ0v) is 10.6. The lowest BCUT2D eigenvalue weighted by Gasteiger charge is -2.03. The summed E-state index contributed by atoms with van der Waals surface area (Å²) in [5.74, 6) is -1.52. The standard InChI is InChI=1S/C16H13NO3/c17-15(18)13-8-6-11(7-9-13)10-14(16(19)20)12-4-2-1-3-5-12/h1-10H,(H2,17,18)(H,19,20)/b14-10-. The number of hydrogen-bond donors (Lipinski definition) is 2. The number of nitrogens with two attached hydrogens (primary N) is 1. The molecule has 20 heavy (non-hydrogen) atoms. The number of primary amides is 1. The van der Waals surface area contributed by atoms with Crippen LogP contribution in [0.25, 0.3) is 11.6 Å². The Labute approximate surface area is 116 Å². The van der Waals surface area contributed by atoms with E-state index in [1.807, 2.05) is 6.07 Å². The predicted molar refractivity (Wildman–Crippen MR) is 76.9 cm³/mol. The van der Waals surface area contributed by atoms with E-state index in [1.165, 1.54) is 0 Å². The molecule has 0 unspecified atom stereocenters. The van der Waals surface area contributed by atoms with Crippen LogP contribution in [0.1, 0.15) is 21.5 Å². The van der Waals surface area contributed by atoms with Gasteiger partial charge in [-0.15, -0.1) is 0 Å². The lowest BCUT2D eigenvalue weighted by Crippen LogP contribution is -2.10. The number of rotatable bonds is 4. The molecule has 0 aliphatic rings. The van der Waals surface area contributed by atoms with Crippen LogP contribution in [0, 0.1) is 0 Å². The molecule has 3 N–H and O–H groups in total. The van der Waals surface area contributed by atoms with E-state index in [0.717, 1.165) is 0 Å². The Balaban J connectivity index is 2.39. The smallest absolute Gasteiger partial charge is 0.336 e. The first kappa shape index (κ1) is 13.5. The third kappa shape index (κ3) is 3.11. The molecule has 2 aromatic carbocycles. The highest BCUT2D eigenvalue weighted by molar-refractivity contribution is 6.20. The zero-order valence-electron chi connectivity index (χ0n) is 10.6. The van der Waals surface area contributed by atoms with Crippen molar-refractivity contribution in [1.82, 2.24) is 0 Å². The van der Waals surface area contributed by atoms with Crippen LogP contribution >= 0.6 is 0 Å². The Morgan fingerprint density at radius 1 is 0.900 bits per heavy atom. The summed E-state index contributed by atoms with van der Waals surface area (Å²) in [7, 11) is 0. The van der Waals surface area contributed by atoms with Gasteiger partial charge in [0.25, 0.3) is 0 Å². The third-order valence-electron chi connectivity index (χ3n) is 2.82. The average Bonchev–Trinajstić information content (AvgIpc) is 2.46. The molecule has 0 aliphatic carbocycles. The van der Waals surface area contributed by atoms with Crippen LogP contribution in [0.2, 0.25) is 0 Å². The van der Waals surface area contributed by atoms with Gasteiger partial charge in [0.1, 0.15) is 0 Å². The summed E-state index contributed by atoms with van der Waals surface area (Å²) in [6.07, 6.45) is 1.56. The van der Waals surface area contributed by atoms with Crippen molar-refractivity contribution in [3.63, 3.8) is 0 Å². The van der Waals surface area contributed by atoms with E-state index in [9.17, 15) is 14.7 Å². The van der Waals surface area contributed by atoms with E-state index in [1.54, 1.807) is 54.6 Å². The summed E-state index contributed by atoms with van der Waals surface area (Å²) >= 11 is 0. The molecule has 0 saturated heterocycles. The highest BCUT2D eigenvalue weighted by Crippen LogP contribution is 2.18. The first-order chi connectivity index (χ1) is 9.58. The van der Waals surface area contributed by atoms with Gasteiger partial charge >= 0.3 is 5.97 Å². The van der Waals surface area contributed by atoms with Crippen molar-refractivity contribution < 1.29 is 14.7 Å². The number of carboxylic acid groups (broad SMARTS) is 1. The number of amides is 1. The Hall–Kier alpha value is -2.88. The minimum absolute atomic E-state index is 0.192. The molecule has 2 rings (SSSR count). The van der Waals surface area contributed by atoms with Crippen LogP contribution in [0.15, 0.2) is 54.6 Å². The van der Waals surface area contributed by atoms with Crippen LogP contribution in [-0.4, -0.2) is 17.0 Å². The van der Waals surface area contributed by atoms with E-state index in [0.29, 0.717) is 16.7 Å². The molecule has 100 valence electrons. The van der Waals surface area contributed by atoms with Crippen molar-refractivity contribution >= 4 is 23.5 Å². The largest absolute Gasteiger partial charge is 0.478 e. The van der Waals surface area contributed by atoms with Crippen molar-refractivity contribution in [1.29, 1.82) is 0 Å². The van der Waals surface area contributed by atoms with Gasteiger partial charge in [-0.2, -0.15) is 0 Å². The molecular formula is C16H13NO3. The van der Waals surface area contributed by atoms with Gasteiger partial charge < -0.3 is 10.8 Å². The summed E-state index contributed by atoms with van der Waals surface area (Å²) in [4.78, 5) is 22.3. The lowest BCUT2D eigenvalue weighted by molar-refractivity contribution is -0.130. The maximum absolute atomic E-state index is 11.3. The minimum Gasteiger partial charge on any atom is -0.478 e. The van der Waals surface area contributed by atoms with Crippen molar-refractivity contribution in [3.8, 4) is 0 Å². The van der Waals surface area contributed by atoms with E-state index < -0.39 is 11.9 Å². The maximum Gasteiger partial charge on any atom is 0.336 e. The fourth-order valence-electron chi connectivity index (χ4n) is 1.80. The molecule has 0 spiro atoms. The zero-order chi connectivity index (χ0) is 14.5. The molecule has 4 nitrogen and oxygen atoms in total. The average molecular weight is 267 g/mol. The normalized spacial score (nSPS) is 11.1. The van der Waals surface area contributed by atoms with Crippen LogP contribution in [-0.2, 0) is 4.79 Å². The summed E-state index contributed by atoms with van der Waals surface area (Å²) in [5, 5.41) is 9.29. The minimum atomic E-state index is -1.00. The SMILES string of the molecule is NC(=O)c1ccc(/C=C(\C(=O)O)c2ccccc2)cc1. The molecule has 0 aliphatic heterocycles. The van der Waals surface area contributed by atoms with E-state index in [-0.39, 0.29) is 5.57 Å². The second-order valence-electron chi connectivity index (χ2n) is 4.22. The van der Waals surface area contributed by atoms with Gasteiger partial charge in [-0.25, -0.2) is 4.79 Å². The number of carboxylic acids is 1. The Morgan fingerprint density at radius 3 is 2.00 bits per heavy atom. The third-order valence-corrected chi connectivity index (χ3v) is 2.82. The fraction of sp³-hybridized carbons (Fsp3) is 0. The Bertz CT molecular complexity index is 658. The van der Waals surface area contributed by atoms with Crippen LogP contribution in [0.3, 0.4) is 0 Å². The van der Waals surface area contributed by atoms with Gasteiger partial charge in [-0.3, -0.25) is 4.79 Å². The van der Waals surface area contributed by atoms with Crippen LogP contribution in [0.4, 0.5) is 0 Å². The van der Waals surface area contributed by atoms with Gasteiger partial charge in [0, 0.05) is 5.56 Å². The highest BCUT2D eigenvalue weighted by atomic mass is 16.4. The van der Waals surface area contributed by atoms with Crippen molar-refractivity contribution in [3.05, 3.63) is 71.3 Å². The molecule has 4 heteroatoms. The predicted octanol–water partition coefficient (Wildman–Crippen LogP) is 2.41. The molecule has 0 fully saturated rings. The van der Waals surface area contributed by atoms with Crippen LogP contribution in [0.5, 0.6) is 0 Å². The Morgan fingerprint density at radius 2 is 1.50 bits per heavy atom. The molecule has 0 bridgehead atoms. The van der Waals surface area contributed by atoms with Crippen molar-refractivity contribution in [2.75, 3.05) is 0 Å². The first-order valence-corrected chi connectivity index (χ1v) is 5.98.